The van der Waals surface area contributed by atoms with E-state index in [2.05, 4.69) is 56.0 Å². The molecule has 2 aromatic rings. The lowest BCUT2D eigenvalue weighted by Crippen LogP contribution is -2.31. The van der Waals surface area contributed by atoms with E-state index in [9.17, 15) is 4.79 Å². The third-order valence-electron chi connectivity index (χ3n) is 4.41. The van der Waals surface area contributed by atoms with E-state index < -0.39 is 0 Å². The van der Waals surface area contributed by atoms with Gasteiger partial charge in [0, 0.05) is 6.04 Å². The Kier molecular flexibility index (Phi) is 4.88. The molecule has 4 nitrogen and oxygen atoms in total. The lowest BCUT2D eigenvalue weighted by molar-refractivity contribution is 0.268. The minimum absolute atomic E-state index is 0.151. The van der Waals surface area contributed by atoms with Gasteiger partial charge in [0.15, 0.2) is 0 Å². The van der Waals surface area contributed by atoms with Gasteiger partial charge in [-0.25, -0.2) is 4.79 Å². The second kappa shape index (κ2) is 6.48. The average molecular weight is 289 g/mol. The second-order valence-corrected chi connectivity index (χ2v) is 6.67. The van der Waals surface area contributed by atoms with Crippen LogP contribution in [0.3, 0.4) is 0 Å². The van der Waals surface area contributed by atoms with Crippen molar-refractivity contribution in [1.29, 1.82) is 0 Å². The van der Waals surface area contributed by atoms with Crippen LogP contribution >= 0.6 is 0 Å². The molecule has 0 spiro atoms. The lowest BCUT2D eigenvalue weighted by atomic mass is 9.85. The largest absolute Gasteiger partial charge is 0.323 e. The van der Waals surface area contributed by atoms with Crippen molar-refractivity contribution in [2.24, 2.45) is 17.8 Å². The van der Waals surface area contributed by atoms with Gasteiger partial charge in [-0.3, -0.25) is 0 Å². The van der Waals surface area contributed by atoms with E-state index in [4.69, 9.17) is 0 Å². The lowest BCUT2D eigenvalue weighted by Gasteiger charge is -2.27. The molecule has 1 heterocycles. The molecule has 0 saturated heterocycles. The smallest absolute Gasteiger partial charge is 0.310 e. The number of rotatable bonds is 6. The number of aromatic amines is 2. The van der Waals surface area contributed by atoms with E-state index in [0.717, 1.165) is 17.6 Å². The van der Waals surface area contributed by atoms with Crippen LogP contribution in [-0.4, -0.2) is 16.5 Å². The highest BCUT2D eigenvalue weighted by Gasteiger charge is 2.18. The quantitative estimate of drug-likeness (QED) is 0.763. The second-order valence-electron chi connectivity index (χ2n) is 6.67. The monoisotopic (exact) mass is 289 g/mol. The molecule has 0 amide bonds. The normalized spacial score (nSPS) is 13.7. The molecule has 1 unspecified atom stereocenters. The topological polar surface area (TPSA) is 60.7 Å². The summed E-state index contributed by atoms with van der Waals surface area (Å²) in [6.07, 6.45) is 0. The third-order valence-corrected chi connectivity index (χ3v) is 4.41. The summed E-state index contributed by atoms with van der Waals surface area (Å²) in [7, 11) is 0. The molecule has 0 fully saturated rings. The molecule has 3 N–H and O–H groups in total. The van der Waals surface area contributed by atoms with E-state index in [1.807, 2.05) is 12.1 Å². The molecule has 0 radical (unpaired) electrons. The Morgan fingerprint density at radius 3 is 2.24 bits per heavy atom. The van der Waals surface area contributed by atoms with Gasteiger partial charge in [0.25, 0.3) is 0 Å². The maximum Gasteiger partial charge on any atom is 0.323 e. The zero-order chi connectivity index (χ0) is 15.6. The van der Waals surface area contributed by atoms with Crippen LogP contribution in [0.1, 0.15) is 46.2 Å². The van der Waals surface area contributed by atoms with Crippen LogP contribution in [0.25, 0.3) is 11.0 Å². The zero-order valence-corrected chi connectivity index (χ0v) is 13.7. The molecule has 0 saturated carbocycles. The summed E-state index contributed by atoms with van der Waals surface area (Å²) in [6.45, 7) is 12.3. The van der Waals surface area contributed by atoms with Crippen molar-refractivity contribution < 1.29 is 0 Å². The molecule has 0 bridgehead atoms. The Morgan fingerprint density at radius 2 is 1.62 bits per heavy atom. The first kappa shape index (κ1) is 15.8. The Hall–Kier alpha value is -1.55. The van der Waals surface area contributed by atoms with Gasteiger partial charge in [0.1, 0.15) is 0 Å². The molecule has 21 heavy (non-hydrogen) atoms. The molecule has 1 atom stereocenters. The number of imidazole rings is 1. The van der Waals surface area contributed by atoms with Gasteiger partial charge < -0.3 is 15.3 Å². The van der Waals surface area contributed by atoms with Crippen LogP contribution in [0.2, 0.25) is 0 Å². The summed E-state index contributed by atoms with van der Waals surface area (Å²) in [5.41, 5.74) is 2.78. The maximum atomic E-state index is 11.3. The Bertz CT molecular complexity index is 631. The molecule has 0 aliphatic heterocycles. The van der Waals surface area contributed by atoms with Crippen LogP contribution in [0.15, 0.2) is 23.0 Å². The van der Waals surface area contributed by atoms with E-state index in [1.54, 1.807) is 0 Å². The van der Waals surface area contributed by atoms with Crippen molar-refractivity contribution in [1.82, 2.24) is 15.3 Å². The van der Waals surface area contributed by atoms with E-state index in [0.29, 0.717) is 17.8 Å². The number of hydrogen-bond acceptors (Lipinski definition) is 2. The van der Waals surface area contributed by atoms with Crippen molar-refractivity contribution in [2.45, 2.75) is 40.7 Å². The number of nitrogens with one attached hydrogen (secondary N) is 3. The summed E-state index contributed by atoms with van der Waals surface area (Å²) < 4.78 is 0. The highest BCUT2D eigenvalue weighted by molar-refractivity contribution is 5.75. The van der Waals surface area contributed by atoms with Gasteiger partial charge in [-0.1, -0.05) is 33.8 Å². The summed E-state index contributed by atoms with van der Waals surface area (Å²) in [6, 6.07) is 6.35. The molecule has 4 heteroatoms. The van der Waals surface area contributed by atoms with Gasteiger partial charge >= 0.3 is 5.69 Å². The van der Waals surface area contributed by atoms with Gasteiger partial charge in [0.2, 0.25) is 0 Å². The third kappa shape index (κ3) is 3.76. The highest BCUT2D eigenvalue weighted by Crippen LogP contribution is 2.22. The van der Waals surface area contributed by atoms with Gasteiger partial charge in [-0.05, 0) is 48.9 Å². The van der Waals surface area contributed by atoms with Gasteiger partial charge in [-0.2, -0.15) is 0 Å². The van der Waals surface area contributed by atoms with E-state index in [1.165, 1.54) is 5.56 Å². The minimum Gasteiger partial charge on any atom is -0.310 e. The average Bonchev–Trinajstić information content (AvgIpc) is 2.76. The Morgan fingerprint density at radius 1 is 1.00 bits per heavy atom. The fourth-order valence-electron chi connectivity index (χ4n) is 2.99. The maximum absolute atomic E-state index is 11.3. The number of H-pyrrole nitrogens is 2. The van der Waals surface area contributed by atoms with Gasteiger partial charge in [-0.15, -0.1) is 0 Å². The molecule has 1 aromatic heterocycles. The standard InChI is InChI=1S/C17H27N3O/c1-10(2)14(11(3)4)9-18-12(5)13-6-7-15-16(8-13)20-17(21)19-15/h6-8,10-12,14,18H,9H2,1-5H3,(H2,19,20,21). The van der Waals surface area contributed by atoms with Crippen LogP contribution in [0.5, 0.6) is 0 Å². The van der Waals surface area contributed by atoms with Crippen molar-refractivity contribution in [3.05, 3.63) is 34.2 Å². The van der Waals surface area contributed by atoms with Crippen molar-refractivity contribution >= 4 is 11.0 Å². The van der Waals surface area contributed by atoms with E-state index >= 15 is 0 Å². The first-order valence-electron chi connectivity index (χ1n) is 7.83. The highest BCUT2D eigenvalue weighted by atomic mass is 16.1. The Labute approximate surface area is 126 Å². The predicted molar refractivity (Wildman–Crippen MR) is 88.5 cm³/mol. The van der Waals surface area contributed by atoms with Crippen LogP contribution in [0.4, 0.5) is 0 Å². The van der Waals surface area contributed by atoms with Crippen molar-refractivity contribution in [3.63, 3.8) is 0 Å². The number of hydrogen-bond donors (Lipinski definition) is 3. The van der Waals surface area contributed by atoms with Gasteiger partial charge in [0.05, 0.1) is 11.0 Å². The number of benzene rings is 1. The van der Waals surface area contributed by atoms with E-state index in [-0.39, 0.29) is 11.7 Å². The first-order valence-corrected chi connectivity index (χ1v) is 7.83. The van der Waals surface area contributed by atoms with Crippen molar-refractivity contribution in [3.8, 4) is 0 Å². The molecule has 0 aliphatic carbocycles. The molecular weight excluding hydrogens is 262 g/mol. The summed E-state index contributed by atoms with van der Waals surface area (Å²) in [5, 5.41) is 3.63. The first-order chi connectivity index (χ1) is 9.88. The summed E-state index contributed by atoms with van der Waals surface area (Å²) >= 11 is 0. The molecule has 116 valence electrons. The Balaban J connectivity index is 2.07. The van der Waals surface area contributed by atoms with Crippen LogP contribution in [0, 0.1) is 17.8 Å². The fourth-order valence-corrected chi connectivity index (χ4v) is 2.99. The number of aromatic nitrogens is 2. The summed E-state index contributed by atoms with van der Waals surface area (Å²) in [5.74, 6) is 2.02. The fraction of sp³-hybridized carbons (Fsp3) is 0.588. The minimum atomic E-state index is -0.151. The van der Waals surface area contributed by atoms with Crippen LogP contribution < -0.4 is 11.0 Å². The SMILES string of the molecule is CC(NCC(C(C)C)C(C)C)c1ccc2[nH]c(=O)[nH]c2c1. The molecule has 1 aromatic carbocycles. The zero-order valence-electron chi connectivity index (χ0n) is 13.7. The molecule has 2 rings (SSSR count). The predicted octanol–water partition coefficient (Wildman–Crippen LogP) is 3.44. The van der Waals surface area contributed by atoms with Crippen molar-refractivity contribution in [2.75, 3.05) is 6.54 Å². The summed E-state index contributed by atoms with van der Waals surface area (Å²) in [4.78, 5) is 16.9. The molecular formula is C17H27N3O. The molecule has 0 aliphatic rings. The number of fused-ring (bicyclic) bond motifs is 1. The van der Waals surface area contributed by atoms with Crippen LogP contribution in [-0.2, 0) is 0 Å².